The van der Waals surface area contributed by atoms with Crippen molar-refractivity contribution in [3.63, 3.8) is 0 Å². The number of rotatable bonds is 4. The Bertz CT molecular complexity index is 637. The van der Waals surface area contributed by atoms with Crippen molar-refractivity contribution in [2.24, 2.45) is 0 Å². The predicted molar refractivity (Wildman–Crippen MR) is 87.5 cm³/mol. The summed E-state index contributed by atoms with van der Waals surface area (Å²) in [5.74, 6) is 1.45. The van der Waals surface area contributed by atoms with Crippen LogP contribution in [0, 0.1) is 0 Å². The summed E-state index contributed by atoms with van der Waals surface area (Å²) in [4.78, 5) is 11.7. The van der Waals surface area contributed by atoms with Gasteiger partial charge in [0, 0.05) is 13.1 Å². The molecule has 1 aliphatic heterocycles. The van der Waals surface area contributed by atoms with Crippen molar-refractivity contribution in [1.29, 1.82) is 0 Å². The lowest BCUT2D eigenvalue weighted by Crippen LogP contribution is -2.46. The number of hydrogen-bond acceptors (Lipinski definition) is 5. The number of aromatic nitrogens is 2. The van der Waals surface area contributed by atoms with E-state index in [1.807, 2.05) is 24.3 Å². The summed E-state index contributed by atoms with van der Waals surface area (Å²) in [6, 6.07) is 7.91. The first-order chi connectivity index (χ1) is 10.7. The van der Waals surface area contributed by atoms with Gasteiger partial charge < -0.3 is 14.4 Å². The number of anilines is 1. The zero-order chi connectivity index (χ0) is 15.5. The summed E-state index contributed by atoms with van der Waals surface area (Å²) < 4.78 is 11.7. The highest BCUT2D eigenvalue weighted by molar-refractivity contribution is 5.77. The van der Waals surface area contributed by atoms with Gasteiger partial charge in [-0.1, -0.05) is 19.1 Å². The molecule has 1 fully saturated rings. The van der Waals surface area contributed by atoms with Crippen LogP contribution in [0.5, 0.6) is 5.88 Å². The minimum Gasteiger partial charge on any atom is -0.475 e. The van der Waals surface area contributed by atoms with Gasteiger partial charge in [0.25, 0.3) is 5.88 Å². The van der Waals surface area contributed by atoms with E-state index in [0.717, 1.165) is 36.4 Å². The smallest absolute Gasteiger partial charge is 0.258 e. The maximum absolute atomic E-state index is 5.86. The number of fused-ring (bicyclic) bond motifs is 1. The highest BCUT2D eigenvalue weighted by atomic mass is 16.5. The van der Waals surface area contributed by atoms with Crippen LogP contribution in [0.4, 0.5) is 5.82 Å². The van der Waals surface area contributed by atoms with Gasteiger partial charge in [0.1, 0.15) is 0 Å². The first-order valence-corrected chi connectivity index (χ1v) is 7.97. The maximum atomic E-state index is 5.86. The number of ether oxygens (including phenoxy) is 2. The summed E-state index contributed by atoms with van der Waals surface area (Å²) in [7, 11) is 0. The van der Waals surface area contributed by atoms with E-state index in [1.165, 1.54) is 0 Å². The molecule has 0 saturated carbocycles. The van der Waals surface area contributed by atoms with Crippen LogP contribution >= 0.6 is 0 Å². The van der Waals surface area contributed by atoms with Gasteiger partial charge in [-0.25, -0.2) is 9.97 Å². The molecule has 1 aromatic carbocycles. The number of para-hydroxylation sites is 2. The molecule has 0 N–H and O–H groups in total. The third-order valence-corrected chi connectivity index (χ3v) is 3.68. The fourth-order valence-electron chi connectivity index (χ4n) is 2.83. The van der Waals surface area contributed by atoms with Crippen LogP contribution in [0.1, 0.15) is 27.2 Å². The molecule has 5 nitrogen and oxygen atoms in total. The summed E-state index contributed by atoms with van der Waals surface area (Å²) in [6.07, 6.45) is 1.30. The van der Waals surface area contributed by atoms with Gasteiger partial charge in [-0.3, -0.25) is 0 Å². The second-order valence-electron chi connectivity index (χ2n) is 5.85. The Morgan fingerprint density at radius 3 is 2.41 bits per heavy atom. The van der Waals surface area contributed by atoms with E-state index < -0.39 is 0 Å². The third kappa shape index (κ3) is 3.14. The lowest BCUT2D eigenvalue weighted by molar-refractivity contribution is -0.00561. The zero-order valence-corrected chi connectivity index (χ0v) is 13.5. The monoisotopic (exact) mass is 301 g/mol. The molecule has 2 atom stereocenters. The predicted octanol–water partition coefficient (Wildman–Crippen LogP) is 3.03. The van der Waals surface area contributed by atoms with E-state index in [0.29, 0.717) is 12.5 Å². The molecule has 118 valence electrons. The topological polar surface area (TPSA) is 47.5 Å². The molecular weight excluding hydrogens is 278 g/mol. The van der Waals surface area contributed by atoms with Crippen molar-refractivity contribution < 1.29 is 9.47 Å². The van der Waals surface area contributed by atoms with Crippen molar-refractivity contribution in [2.45, 2.75) is 39.4 Å². The lowest BCUT2D eigenvalue weighted by Gasteiger charge is -2.36. The summed E-state index contributed by atoms with van der Waals surface area (Å²) in [5.41, 5.74) is 1.76. The molecule has 3 rings (SSSR count). The second-order valence-corrected chi connectivity index (χ2v) is 5.85. The van der Waals surface area contributed by atoms with Crippen molar-refractivity contribution in [3.8, 4) is 5.88 Å². The number of nitrogens with zero attached hydrogens (tertiary/aromatic N) is 3. The van der Waals surface area contributed by atoms with E-state index in [1.54, 1.807) is 0 Å². The Hall–Kier alpha value is -1.88. The van der Waals surface area contributed by atoms with Gasteiger partial charge in [-0.05, 0) is 32.4 Å². The Morgan fingerprint density at radius 1 is 1.14 bits per heavy atom. The van der Waals surface area contributed by atoms with Crippen molar-refractivity contribution in [3.05, 3.63) is 24.3 Å². The number of hydrogen-bond donors (Lipinski definition) is 0. The standard InChI is InChI=1S/C17H23N3O2/c1-4-9-21-17-16(20-10-12(2)22-13(3)11-20)18-14-7-5-6-8-15(14)19-17/h5-8,12-13H,4,9-11H2,1-3H3/t12-,13-/m1/s1. The van der Waals surface area contributed by atoms with Crippen LogP contribution in [-0.2, 0) is 4.74 Å². The molecule has 1 aromatic heterocycles. The van der Waals surface area contributed by atoms with E-state index in [4.69, 9.17) is 14.5 Å². The maximum Gasteiger partial charge on any atom is 0.258 e. The summed E-state index contributed by atoms with van der Waals surface area (Å²) in [5, 5.41) is 0. The molecule has 0 unspecified atom stereocenters. The molecule has 1 aliphatic rings. The second kappa shape index (κ2) is 6.48. The van der Waals surface area contributed by atoms with Crippen molar-refractivity contribution in [2.75, 3.05) is 24.6 Å². The van der Waals surface area contributed by atoms with Crippen LogP contribution in [-0.4, -0.2) is 41.9 Å². The normalized spacial score (nSPS) is 22.0. The van der Waals surface area contributed by atoms with E-state index >= 15 is 0 Å². The van der Waals surface area contributed by atoms with Gasteiger partial charge in [-0.15, -0.1) is 0 Å². The van der Waals surface area contributed by atoms with Crippen molar-refractivity contribution >= 4 is 16.9 Å². The van der Waals surface area contributed by atoms with Gasteiger partial charge >= 0.3 is 0 Å². The molecule has 2 aromatic rings. The average molecular weight is 301 g/mol. The molecular formula is C17H23N3O2. The van der Waals surface area contributed by atoms with Gasteiger partial charge in [0.2, 0.25) is 0 Å². The molecule has 0 radical (unpaired) electrons. The van der Waals surface area contributed by atoms with Crippen molar-refractivity contribution in [1.82, 2.24) is 9.97 Å². The average Bonchev–Trinajstić information content (AvgIpc) is 2.51. The summed E-state index contributed by atoms with van der Waals surface area (Å²) >= 11 is 0. The fourth-order valence-corrected chi connectivity index (χ4v) is 2.83. The Kier molecular flexibility index (Phi) is 4.43. The number of morpholine rings is 1. The van der Waals surface area contributed by atoms with Gasteiger partial charge in [-0.2, -0.15) is 0 Å². The minimum atomic E-state index is 0.177. The van der Waals surface area contributed by atoms with E-state index in [-0.39, 0.29) is 12.2 Å². The molecule has 0 bridgehead atoms. The van der Waals surface area contributed by atoms with E-state index in [2.05, 4.69) is 30.7 Å². The Labute approximate surface area is 131 Å². The highest BCUT2D eigenvalue weighted by Crippen LogP contribution is 2.29. The third-order valence-electron chi connectivity index (χ3n) is 3.68. The van der Waals surface area contributed by atoms with Crippen LogP contribution in [0.25, 0.3) is 11.0 Å². The van der Waals surface area contributed by atoms with Crippen LogP contribution in [0.15, 0.2) is 24.3 Å². The molecule has 22 heavy (non-hydrogen) atoms. The molecule has 5 heteroatoms. The largest absolute Gasteiger partial charge is 0.475 e. The van der Waals surface area contributed by atoms with E-state index in [9.17, 15) is 0 Å². The molecule has 0 aliphatic carbocycles. The quantitative estimate of drug-likeness (QED) is 0.868. The first kappa shape index (κ1) is 15.0. The van der Waals surface area contributed by atoms with Crippen LogP contribution < -0.4 is 9.64 Å². The van der Waals surface area contributed by atoms with Gasteiger partial charge in [0.15, 0.2) is 5.82 Å². The van der Waals surface area contributed by atoms with Gasteiger partial charge in [0.05, 0.1) is 29.8 Å². The molecule has 0 amide bonds. The molecule has 0 spiro atoms. The van der Waals surface area contributed by atoms with Crippen LogP contribution in [0.3, 0.4) is 0 Å². The first-order valence-electron chi connectivity index (χ1n) is 7.97. The zero-order valence-electron chi connectivity index (χ0n) is 13.5. The van der Waals surface area contributed by atoms with Crippen LogP contribution in [0.2, 0.25) is 0 Å². The SMILES string of the molecule is CCCOc1nc2ccccc2nc1N1C[C@@H](C)O[C@H](C)C1. The Morgan fingerprint density at radius 2 is 1.77 bits per heavy atom. The molecule has 1 saturated heterocycles. The fraction of sp³-hybridized carbons (Fsp3) is 0.529. The molecule has 2 heterocycles. The highest BCUT2D eigenvalue weighted by Gasteiger charge is 2.26. The Balaban J connectivity index is 2.01. The minimum absolute atomic E-state index is 0.177. The lowest BCUT2D eigenvalue weighted by atomic mass is 10.2. The number of benzene rings is 1. The summed E-state index contributed by atoms with van der Waals surface area (Å²) in [6.45, 7) is 8.52.